The molecule has 6 aromatic carbocycles. The van der Waals surface area contributed by atoms with Gasteiger partial charge in [-0.2, -0.15) is 0 Å². The van der Waals surface area contributed by atoms with E-state index in [1.165, 1.54) is 61.2 Å². The first-order valence-electron chi connectivity index (χ1n) is 15.3. The second-order valence-electron chi connectivity index (χ2n) is 11.7. The van der Waals surface area contributed by atoms with E-state index in [0.29, 0.717) is 5.95 Å². The Morgan fingerprint density at radius 3 is 1.91 bits per heavy atom. The van der Waals surface area contributed by atoms with Crippen LogP contribution in [-0.4, -0.2) is 14.5 Å². The first-order valence-corrected chi connectivity index (χ1v) is 17.7. The van der Waals surface area contributed by atoms with Gasteiger partial charge < -0.3 is 0 Å². The molecule has 5 heterocycles. The largest absolute Gasteiger partial charge is 0.278 e. The highest BCUT2D eigenvalue weighted by Crippen LogP contribution is 2.46. The Kier molecular flexibility index (Phi) is 5.02. The predicted octanol–water partition coefficient (Wildman–Crippen LogP) is 12.3. The average Bonchev–Trinajstić information content (AvgIpc) is 3.86. The van der Waals surface area contributed by atoms with Crippen molar-refractivity contribution in [2.75, 3.05) is 0 Å². The van der Waals surface area contributed by atoms with E-state index in [4.69, 9.17) is 9.97 Å². The summed E-state index contributed by atoms with van der Waals surface area (Å²) in [6.07, 6.45) is 0. The molecule has 0 fully saturated rings. The molecule has 0 saturated carbocycles. The van der Waals surface area contributed by atoms with E-state index in [-0.39, 0.29) is 0 Å². The molecule has 0 spiro atoms. The smallest absolute Gasteiger partial charge is 0.235 e. The zero-order valence-corrected chi connectivity index (χ0v) is 26.6. The monoisotopic (exact) mass is 639 g/mol. The number of rotatable bonds is 2. The summed E-state index contributed by atoms with van der Waals surface area (Å²) in [5.41, 5.74) is 5.40. The van der Waals surface area contributed by atoms with Crippen LogP contribution in [0.5, 0.6) is 0 Å². The first kappa shape index (κ1) is 25.1. The molecule has 0 radical (unpaired) electrons. The molecule has 0 unspecified atom stereocenters. The highest BCUT2D eigenvalue weighted by molar-refractivity contribution is 7.27. The van der Waals surface area contributed by atoms with Gasteiger partial charge in [-0.05, 0) is 36.4 Å². The van der Waals surface area contributed by atoms with Gasteiger partial charge in [0, 0.05) is 66.8 Å². The van der Waals surface area contributed by atoms with Crippen molar-refractivity contribution in [3.8, 4) is 17.2 Å². The number of hydrogen-bond acceptors (Lipinski definition) is 5. The summed E-state index contributed by atoms with van der Waals surface area (Å²) in [4.78, 5) is 10.9. The van der Waals surface area contributed by atoms with Gasteiger partial charge in [-0.1, -0.05) is 91.0 Å². The van der Waals surface area contributed by atoms with Crippen molar-refractivity contribution in [2.45, 2.75) is 0 Å². The van der Waals surface area contributed by atoms with Crippen molar-refractivity contribution in [3.63, 3.8) is 0 Å². The summed E-state index contributed by atoms with van der Waals surface area (Å²) < 4.78 is 9.81. The molecule has 3 nitrogen and oxygen atoms in total. The summed E-state index contributed by atoms with van der Waals surface area (Å²) in [6, 6.07) is 46.0. The molecule has 0 amide bonds. The maximum Gasteiger partial charge on any atom is 0.235 e. The van der Waals surface area contributed by atoms with Gasteiger partial charge >= 0.3 is 0 Å². The van der Waals surface area contributed by atoms with E-state index >= 15 is 0 Å². The third-order valence-electron chi connectivity index (χ3n) is 9.24. The molecular formula is C40H21N3S3. The number of hydrogen-bond donors (Lipinski definition) is 0. The zero-order valence-electron chi connectivity index (χ0n) is 24.2. The molecule has 0 saturated heterocycles. The van der Waals surface area contributed by atoms with Crippen LogP contribution in [0.25, 0.3) is 99.7 Å². The minimum atomic E-state index is 0.703. The molecule has 11 rings (SSSR count). The van der Waals surface area contributed by atoms with Crippen molar-refractivity contribution in [3.05, 3.63) is 127 Å². The lowest BCUT2D eigenvalue weighted by atomic mass is 10.1. The number of benzene rings is 6. The Morgan fingerprint density at radius 1 is 0.413 bits per heavy atom. The van der Waals surface area contributed by atoms with Gasteiger partial charge in [0.05, 0.1) is 26.9 Å². The standard InChI is InChI=1S/C40H21N3S3/c1-5-16-28-24(11-1)34-29(20-21-33-35(34)25-12-3-7-18-31(25)44-33)43(28)40-41-36-26-13-4-8-19-32(26)46-39(36)37(42-40)27-15-9-14-23-22-10-2-6-17-30(22)45-38(23)27/h1-21H. The molecule has 0 N–H and O–H groups in total. The Morgan fingerprint density at radius 2 is 1.07 bits per heavy atom. The van der Waals surface area contributed by atoms with Gasteiger partial charge in [0.25, 0.3) is 0 Å². The van der Waals surface area contributed by atoms with Gasteiger partial charge in [-0.25, -0.2) is 9.97 Å². The summed E-state index contributed by atoms with van der Waals surface area (Å²) in [7, 11) is 0. The molecule has 0 bridgehead atoms. The highest BCUT2D eigenvalue weighted by atomic mass is 32.1. The van der Waals surface area contributed by atoms with E-state index < -0.39 is 0 Å². The van der Waals surface area contributed by atoms with Gasteiger partial charge in [-0.15, -0.1) is 34.0 Å². The fraction of sp³-hybridized carbons (Fsp3) is 0. The fourth-order valence-electron chi connectivity index (χ4n) is 7.29. The van der Waals surface area contributed by atoms with Crippen molar-refractivity contribution < 1.29 is 0 Å². The molecular weight excluding hydrogens is 619 g/mol. The quantitative estimate of drug-likeness (QED) is 0.188. The average molecular weight is 640 g/mol. The molecule has 0 aliphatic carbocycles. The molecule has 0 aliphatic rings. The summed E-state index contributed by atoms with van der Waals surface area (Å²) in [5, 5.41) is 8.83. The molecule has 6 heteroatoms. The minimum Gasteiger partial charge on any atom is -0.278 e. The highest BCUT2D eigenvalue weighted by Gasteiger charge is 2.23. The Hall–Kier alpha value is -5.14. The zero-order chi connectivity index (χ0) is 29.9. The Balaban J connectivity index is 1.31. The van der Waals surface area contributed by atoms with Gasteiger partial charge in [0.15, 0.2) is 0 Å². The Labute approximate surface area is 274 Å². The lowest BCUT2D eigenvalue weighted by Gasteiger charge is -2.11. The van der Waals surface area contributed by atoms with Crippen LogP contribution in [0, 0.1) is 0 Å². The topological polar surface area (TPSA) is 30.7 Å². The molecule has 46 heavy (non-hydrogen) atoms. The van der Waals surface area contributed by atoms with Crippen LogP contribution in [0.3, 0.4) is 0 Å². The predicted molar refractivity (Wildman–Crippen MR) is 200 cm³/mol. The molecule has 11 aromatic rings. The van der Waals surface area contributed by atoms with Crippen molar-refractivity contribution in [2.24, 2.45) is 0 Å². The van der Waals surface area contributed by atoms with Crippen LogP contribution in [0.4, 0.5) is 0 Å². The minimum absolute atomic E-state index is 0.703. The van der Waals surface area contributed by atoms with Gasteiger partial charge in [-0.3, -0.25) is 4.57 Å². The number of aromatic nitrogens is 3. The van der Waals surface area contributed by atoms with E-state index in [1.807, 2.05) is 22.7 Å². The van der Waals surface area contributed by atoms with Crippen LogP contribution in [0.2, 0.25) is 0 Å². The maximum absolute atomic E-state index is 5.53. The summed E-state index contributed by atoms with van der Waals surface area (Å²) in [6.45, 7) is 0. The fourth-order valence-corrected chi connectivity index (χ4v) is 10.8. The van der Waals surface area contributed by atoms with E-state index in [9.17, 15) is 0 Å². The normalized spacial score (nSPS) is 12.3. The second kappa shape index (κ2) is 9.21. The van der Waals surface area contributed by atoms with E-state index in [2.05, 4.69) is 132 Å². The third-order valence-corrected chi connectivity index (χ3v) is 12.8. The number of fused-ring (bicyclic) bond motifs is 13. The van der Waals surface area contributed by atoms with Gasteiger partial charge in [0.1, 0.15) is 0 Å². The summed E-state index contributed by atoms with van der Waals surface area (Å²) >= 11 is 5.50. The maximum atomic E-state index is 5.53. The van der Waals surface area contributed by atoms with Crippen LogP contribution in [0.1, 0.15) is 0 Å². The lowest BCUT2D eigenvalue weighted by Crippen LogP contribution is -2.02. The number of nitrogens with zero attached hydrogens (tertiary/aromatic N) is 3. The second-order valence-corrected chi connectivity index (χ2v) is 14.9. The molecule has 5 aromatic heterocycles. The van der Waals surface area contributed by atoms with Crippen molar-refractivity contribution in [1.29, 1.82) is 0 Å². The SMILES string of the molecule is c1ccc2c(c1)sc1c(-c3nc(-n4c5ccccc5c5c6c(ccc54)sc4ccccc46)nc4c3sc3ccccc34)cccc12. The molecule has 0 atom stereocenters. The van der Waals surface area contributed by atoms with Gasteiger partial charge in [0.2, 0.25) is 5.95 Å². The van der Waals surface area contributed by atoms with Crippen molar-refractivity contribution >= 4 is 116 Å². The number of thiophene rings is 3. The summed E-state index contributed by atoms with van der Waals surface area (Å²) in [5.74, 6) is 0.703. The van der Waals surface area contributed by atoms with Crippen LogP contribution >= 0.6 is 34.0 Å². The van der Waals surface area contributed by atoms with Crippen LogP contribution in [0.15, 0.2) is 127 Å². The molecule has 0 aliphatic heterocycles. The van der Waals surface area contributed by atoms with Crippen molar-refractivity contribution in [1.82, 2.24) is 14.5 Å². The molecule has 214 valence electrons. The van der Waals surface area contributed by atoms with Crippen LogP contribution in [-0.2, 0) is 0 Å². The lowest BCUT2D eigenvalue weighted by molar-refractivity contribution is 1.02. The Bertz CT molecular complexity index is 3050. The third kappa shape index (κ3) is 3.30. The van der Waals surface area contributed by atoms with E-state index in [0.717, 1.165) is 32.5 Å². The van der Waals surface area contributed by atoms with E-state index in [1.54, 1.807) is 11.3 Å². The first-order chi connectivity index (χ1) is 22.8. The number of para-hydroxylation sites is 1. The van der Waals surface area contributed by atoms with Crippen LogP contribution < -0.4 is 0 Å².